The lowest BCUT2D eigenvalue weighted by Gasteiger charge is -2.29. The van der Waals surface area contributed by atoms with Crippen LogP contribution < -0.4 is 11.1 Å². The van der Waals surface area contributed by atoms with Crippen molar-refractivity contribution in [3.63, 3.8) is 0 Å². The second-order valence-corrected chi connectivity index (χ2v) is 4.47. The smallest absolute Gasteiger partial charge is 0.251 e. The second kappa shape index (κ2) is 4.53. The number of nitrogens with two attached hydrogens (primary N) is 1. The molecule has 0 aliphatic heterocycles. The molecule has 4 N–H and O–H groups in total. The fraction of sp³-hybridized carbons (Fsp3) is 0.417. The zero-order chi connectivity index (χ0) is 12.3. The minimum Gasteiger partial charge on any atom is -0.399 e. The molecule has 4 nitrogen and oxygen atoms in total. The highest BCUT2D eigenvalue weighted by atomic mass is 16.3. The van der Waals surface area contributed by atoms with Gasteiger partial charge in [-0.2, -0.15) is 0 Å². The Morgan fingerprint density at radius 2 is 1.88 bits per heavy atom. The lowest BCUT2D eigenvalue weighted by Crippen LogP contribution is -2.50. The van der Waals surface area contributed by atoms with Crippen LogP contribution in [0.25, 0.3) is 0 Å². The van der Waals surface area contributed by atoms with Crippen molar-refractivity contribution in [1.82, 2.24) is 5.32 Å². The number of rotatable bonds is 3. The predicted molar refractivity (Wildman–Crippen MR) is 64.1 cm³/mol. The van der Waals surface area contributed by atoms with E-state index < -0.39 is 11.6 Å². The van der Waals surface area contributed by atoms with Gasteiger partial charge in [-0.05, 0) is 45.0 Å². The Morgan fingerprint density at radius 1 is 1.38 bits per heavy atom. The van der Waals surface area contributed by atoms with Crippen LogP contribution in [0.1, 0.15) is 31.1 Å². The van der Waals surface area contributed by atoms with Gasteiger partial charge in [0.25, 0.3) is 5.91 Å². The molecule has 0 saturated heterocycles. The van der Waals surface area contributed by atoms with E-state index in [4.69, 9.17) is 5.73 Å². The molecule has 4 heteroatoms. The summed E-state index contributed by atoms with van der Waals surface area (Å²) in [5.74, 6) is -0.217. The zero-order valence-corrected chi connectivity index (χ0v) is 9.82. The molecule has 0 aliphatic carbocycles. The van der Waals surface area contributed by atoms with Crippen molar-refractivity contribution in [1.29, 1.82) is 0 Å². The van der Waals surface area contributed by atoms with E-state index in [9.17, 15) is 9.90 Å². The average molecular weight is 222 g/mol. The van der Waals surface area contributed by atoms with E-state index in [1.54, 1.807) is 45.0 Å². The number of carbonyl (C=O) groups is 1. The molecule has 0 spiro atoms. The molecule has 0 heterocycles. The largest absolute Gasteiger partial charge is 0.399 e. The van der Waals surface area contributed by atoms with E-state index in [-0.39, 0.29) is 5.91 Å². The van der Waals surface area contributed by atoms with Gasteiger partial charge in [-0.25, -0.2) is 0 Å². The maximum absolute atomic E-state index is 11.8. The number of benzene rings is 1. The quantitative estimate of drug-likeness (QED) is 0.672. The highest BCUT2D eigenvalue weighted by Gasteiger charge is 2.26. The third-order valence-electron chi connectivity index (χ3n) is 2.65. The first-order valence-corrected chi connectivity index (χ1v) is 5.19. The van der Waals surface area contributed by atoms with Crippen molar-refractivity contribution < 1.29 is 9.90 Å². The summed E-state index contributed by atoms with van der Waals surface area (Å²) < 4.78 is 0. The molecular formula is C12H18N2O2. The van der Waals surface area contributed by atoms with Crippen LogP contribution in [0.4, 0.5) is 5.69 Å². The standard InChI is InChI=1S/C12H18N2O2/c1-8(15)12(2,3)14-11(16)9-4-6-10(13)7-5-9/h4-8,15H,13H2,1-3H3,(H,14,16). The van der Waals surface area contributed by atoms with Gasteiger partial charge in [0.2, 0.25) is 0 Å². The SMILES string of the molecule is CC(O)C(C)(C)NC(=O)c1ccc(N)cc1. The van der Waals surface area contributed by atoms with Crippen LogP contribution in [-0.2, 0) is 0 Å². The van der Waals surface area contributed by atoms with Gasteiger partial charge in [0.05, 0.1) is 11.6 Å². The highest BCUT2D eigenvalue weighted by Crippen LogP contribution is 2.11. The molecule has 88 valence electrons. The Kier molecular flexibility index (Phi) is 3.55. The molecule has 1 rings (SSSR count). The van der Waals surface area contributed by atoms with Crippen LogP contribution in [0.2, 0.25) is 0 Å². The molecule has 0 saturated carbocycles. The normalized spacial score (nSPS) is 13.2. The molecule has 0 bridgehead atoms. The molecular weight excluding hydrogens is 204 g/mol. The number of nitrogen functional groups attached to an aromatic ring is 1. The Hall–Kier alpha value is -1.55. The summed E-state index contributed by atoms with van der Waals surface area (Å²) in [7, 11) is 0. The first-order chi connectivity index (χ1) is 7.33. The molecule has 1 unspecified atom stereocenters. The van der Waals surface area contributed by atoms with Gasteiger partial charge in [-0.3, -0.25) is 4.79 Å². The molecule has 0 aliphatic rings. The monoisotopic (exact) mass is 222 g/mol. The van der Waals surface area contributed by atoms with Crippen LogP contribution in [0, 0.1) is 0 Å². The lowest BCUT2D eigenvalue weighted by atomic mass is 9.98. The number of amides is 1. The van der Waals surface area contributed by atoms with E-state index in [1.165, 1.54) is 0 Å². The average Bonchev–Trinajstić information content (AvgIpc) is 2.17. The van der Waals surface area contributed by atoms with Crippen LogP contribution in [0.5, 0.6) is 0 Å². The number of nitrogens with one attached hydrogen (secondary N) is 1. The zero-order valence-electron chi connectivity index (χ0n) is 9.82. The van der Waals surface area contributed by atoms with Crippen molar-refractivity contribution >= 4 is 11.6 Å². The Balaban J connectivity index is 2.77. The topological polar surface area (TPSA) is 75.3 Å². The van der Waals surface area contributed by atoms with Crippen LogP contribution in [0.3, 0.4) is 0 Å². The van der Waals surface area contributed by atoms with E-state index in [0.29, 0.717) is 11.3 Å². The van der Waals surface area contributed by atoms with E-state index in [0.717, 1.165) is 0 Å². The van der Waals surface area contributed by atoms with Crippen LogP contribution in [-0.4, -0.2) is 22.7 Å². The number of aliphatic hydroxyl groups excluding tert-OH is 1. The molecule has 16 heavy (non-hydrogen) atoms. The molecule has 1 aromatic carbocycles. The van der Waals surface area contributed by atoms with E-state index >= 15 is 0 Å². The molecule has 0 aromatic heterocycles. The molecule has 0 fully saturated rings. The van der Waals surface area contributed by atoms with Gasteiger partial charge in [0.1, 0.15) is 0 Å². The number of aliphatic hydroxyl groups is 1. The number of hydrogen-bond acceptors (Lipinski definition) is 3. The van der Waals surface area contributed by atoms with Crippen molar-refractivity contribution in [2.75, 3.05) is 5.73 Å². The Labute approximate surface area is 95.5 Å². The summed E-state index contributed by atoms with van der Waals surface area (Å²) in [6.07, 6.45) is -0.620. The summed E-state index contributed by atoms with van der Waals surface area (Å²) in [5, 5.41) is 12.2. The Bertz CT molecular complexity index is 369. The number of anilines is 1. The minimum absolute atomic E-state index is 0.217. The maximum Gasteiger partial charge on any atom is 0.251 e. The maximum atomic E-state index is 11.8. The summed E-state index contributed by atoms with van der Waals surface area (Å²) in [4.78, 5) is 11.8. The van der Waals surface area contributed by atoms with E-state index in [1.807, 2.05) is 0 Å². The second-order valence-electron chi connectivity index (χ2n) is 4.47. The summed E-state index contributed by atoms with van der Waals surface area (Å²) >= 11 is 0. The van der Waals surface area contributed by atoms with Crippen molar-refractivity contribution in [3.05, 3.63) is 29.8 Å². The van der Waals surface area contributed by atoms with Crippen molar-refractivity contribution in [3.8, 4) is 0 Å². The fourth-order valence-corrected chi connectivity index (χ4v) is 1.10. The van der Waals surface area contributed by atoms with Crippen molar-refractivity contribution in [2.45, 2.75) is 32.4 Å². The van der Waals surface area contributed by atoms with Gasteiger partial charge in [0.15, 0.2) is 0 Å². The molecule has 1 atom stereocenters. The third-order valence-corrected chi connectivity index (χ3v) is 2.65. The minimum atomic E-state index is -0.654. The van der Waals surface area contributed by atoms with Gasteiger partial charge in [0, 0.05) is 11.3 Å². The van der Waals surface area contributed by atoms with E-state index in [2.05, 4.69) is 5.32 Å². The van der Waals surface area contributed by atoms with Gasteiger partial charge in [-0.15, -0.1) is 0 Å². The van der Waals surface area contributed by atoms with Gasteiger partial charge >= 0.3 is 0 Å². The van der Waals surface area contributed by atoms with Gasteiger partial charge < -0.3 is 16.2 Å². The number of carbonyl (C=O) groups excluding carboxylic acids is 1. The van der Waals surface area contributed by atoms with Gasteiger partial charge in [-0.1, -0.05) is 0 Å². The summed E-state index contributed by atoms with van der Waals surface area (Å²) in [6, 6.07) is 6.65. The summed E-state index contributed by atoms with van der Waals surface area (Å²) in [5.41, 5.74) is 6.02. The predicted octanol–water partition coefficient (Wildman–Crippen LogP) is 1.16. The Morgan fingerprint density at radius 3 is 2.31 bits per heavy atom. The first-order valence-electron chi connectivity index (χ1n) is 5.19. The molecule has 1 amide bonds. The lowest BCUT2D eigenvalue weighted by molar-refractivity contribution is 0.0709. The highest BCUT2D eigenvalue weighted by molar-refractivity contribution is 5.94. The summed E-state index contributed by atoms with van der Waals surface area (Å²) in [6.45, 7) is 5.18. The number of hydrogen-bond donors (Lipinski definition) is 3. The van der Waals surface area contributed by atoms with Crippen LogP contribution >= 0.6 is 0 Å². The molecule has 1 aromatic rings. The van der Waals surface area contributed by atoms with Crippen LogP contribution in [0.15, 0.2) is 24.3 Å². The molecule has 0 radical (unpaired) electrons. The fourth-order valence-electron chi connectivity index (χ4n) is 1.10. The first kappa shape index (κ1) is 12.5. The third kappa shape index (κ3) is 2.97. The van der Waals surface area contributed by atoms with Crippen molar-refractivity contribution in [2.24, 2.45) is 0 Å².